The van der Waals surface area contributed by atoms with Crippen LogP contribution >= 0.6 is 11.6 Å². The van der Waals surface area contributed by atoms with Gasteiger partial charge in [0, 0.05) is 25.9 Å². The molecule has 0 aliphatic rings. The third-order valence-corrected chi connectivity index (χ3v) is 3.30. The Morgan fingerprint density at radius 3 is 2.44 bits per heavy atom. The second-order valence-corrected chi connectivity index (χ2v) is 4.78. The van der Waals surface area contributed by atoms with Crippen molar-refractivity contribution in [2.75, 3.05) is 0 Å². The fraction of sp³-hybridized carbons (Fsp3) is 0.417. The molecular formula is C12H16ClN5. The number of nitrogens with zero attached hydrogens (tertiary/aromatic N) is 4. The average molecular weight is 266 g/mol. The number of halogens is 1. The van der Waals surface area contributed by atoms with E-state index >= 15 is 0 Å². The van der Waals surface area contributed by atoms with Gasteiger partial charge in [-0.3, -0.25) is 4.68 Å². The molecule has 0 saturated heterocycles. The van der Waals surface area contributed by atoms with Crippen molar-refractivity contribution in [3.8, 4) is 0 Å². The molecule has 2 N–H and O–H groups in total. The Morgan fingerprint density at radius 1 is 1.33 bits per heavy atom. The minimum atomic E-state index is -0.280. The first-order valence-electron chi connectivity index (χ1n) is 5.71. The molecule has 0 aliphatic heterocycles. The van der Waals surface area contributed by atoms with E-state index < -0.39 is 0 Å². The average Bonchev–Trinajstić information content (AvgIpc) is 2.57. The lowest BCUT2D eigenvalue weighted by Crippen LogP contribution is -2.18. The van der Waals surface area contributed by atoms with Crippen LogP contribution in [0.4, 0.5) is 0 Å². The van der Waals surface area contributed by atoms with Gasteiger partial charge in [0.25, 0.3) is 0 Å². The van der Waals surface area contributed by atoms with Gasteiger partial charge in [0.15, 0.2) is 0 Å². The molecule has 2 heterocycles. The van der Waals surface area contributed by atoms with E-state index in [4.69, 9.17) is 17.3 Å². The van der Waals surface area contributed by atoms with Gasteiger partial charge in [0.1, 0.15) is 5.82 Å². The number of aryl methyl sites for hydroxylation is 3. The van der Waals surface area contributed by atoms with Crippen LogP contribution in [0.1, 0.15) is 28.8 Å². The minimum Gasteiger partial charge on any atom is -0.321 e. The van der Waals surface area contributed by atoms with Gasteiger partial charge in [-0.25, -0.2) is 9.97 Å². The van der Waals surface area contributed by atoms with Crippen molar-refractivity contribution in [3.05, 3.63) is 40.2 Å². The molecule has 0 bridgehead atoms. The lowest BCUT2D eigenvalue weighted by atomic mass is 10.1. The van der Waals surface area contributed by atoms with Gasteiger partial charge >= 0.3 is 0 Å². The molecule has 0 aromatic carbocycles. The van der Waals surface area contributed by atoms with E-state index in [1.807, 2.05) is 20.9 Å². The summed E-state index contributed by atoms with van der Waals surface area (Å²) in [5.41, 5.74) is 8.83. The quantitative estimate of drug-likeness (QED) is 0.917. The van der Waals surface area contributed by atoms with Crippen molar-refractivity contribution in [1.82, 2.24) is 19.7 Å². The first-order chi connectivity index (χ1) is 8.49. The number of aromatic nitrogens is 4. The third-order valence-electron chi connectivity index (χ3n) is 2.81. The van der Waals surface area contributed by atoms with Gasteiger partial charge in [-0.15, -0.1) is 0 Å². The van der Waals surface area contributed by atoms with Crippen LogP contribution in [0.2, 0.25) is 5.02 Å². The van der Waals surface area contributed by atoms with Crippen LogP contribution in [0.3, 0.4) is 0 Å². The Kier molecular flexibility index (Phi) is 3.63. The monoisotopic (exact) mass is 265 g/mol. The second kappa shape index (κ2) is 5.04. The summed E-state index contributed by atoms with van der Waals surface area (Å²) >= 11 is 6.19. The van der Waals surface area contributed by atoms with Gasteiger partial charge in [-0.1, -0.05) is 11.6 Å². The first kappa shape index (κ1) is 13.0. The normalized spacial score (nSPS) is 12.7. The van der Waals surface area contributed by atoms with E-state index in [0.717, 1.165) is 17.0 Å². The second-order valence-electron chi connectivity index (χ2n) is 4.40. The molecule has 1 unspecified atom stereocenters. The van der Waals surface area contributed by atoms with Crippen molar-refractivity contribution >= 4 is 11.6 Å². The predicted molar refractivity (Wildman–Crippen MR) is 70.4 cm³/mol. The van der Waals surface area contributed by atoms with Gasteiger partial charge < -0.3 is 5.73 Å². The molecule has 2 rings (SSSR count). The van der Waals surface area contributed by atoms with Crippen molar-refractivity contribution in [3.63, 3.8) is 0 Å². The fourth-order valence-corrected chi connectivity index (χ4v) is 2.03. The van der Waals surface area contributed by atoms with Crippen LogP contribution in [0.25, 0.3) is 0 Å². The predicted octanol–water partition coefficient (Wildman–Crippen LogP) is 1.72. The summed E-state index contributed by atoms with van der Waals surface area (Å²) in [4.78, 5) is 8.46. The lowest BCUT2D eigenvalue weighted by Gasteiger charge is -2.10. The lowest BCUT2D eigenvalue weighted by molar-refractivity contribution is 0.613. The van der Waals surface area contributed by atoms with Crippen molar-refractivity contribution in [2.45, 2.75) is 26.3 Å². The number of rotatable bonds is 3. The van der Waals surface area contributed by atoms with Crippen molar-refractivity contribution in [2.24, 2.45) is 12.8 Å². The van der Waals surface area contributed by atoms with Crippen LogP contribution in [0, 0.1) is 13.8 Å². The molecule has 0 radical (unpaired) electrons. The Hall–Kier alpha value is -1.46. The van der Waals surface area contributed by atoms with Crippen LogP contribution in [-0.4, -0.2) is 19.7 Å². The molecule has 0 spiro atoms. The molecule has 6 heteroatoms. The van der Waals surface area contributed by atoms with E-state index in [-0.39, 0.29) is 6.04 Å². The van der Waals surface area contributed by atoms with Gasteiger partial charge in [-0.2, -0.15) is 5.10 Å². The highest BCUT2D eigenvalue weighted by Gasteiger charge is 2.17. The highest BCUT2D eigenvalue weighted by molar-refractivity contribution is 6.31. The van der Waals surface area contributed by atoms with Gasteiger partial charge in [0.2, 0.25) is 0 Å². The molecule has 0 amide bonds. The van der Waals surface area contributed by atoms with Crippen molar-refractivity contribution in [1.29, 1.82) is 0 Å². The van der Waals surface area contributed by atoms with E-state index in [9.17, 15) is 0 Å². The molecule has 5 nitrogen and oxygen atoms in total. The Morgan fingerprint density at radius 2 is 1.94 bits per heavy atom. The molecule has 96 valence electrons. The molecule has 18 heavy (non-hydrogen) atoms. The summed E-state index contributed by atoms with van der Waals surface area (Å²) in [7, 11) is 1.86. The molecular weight excluding hydrogens is 250 g/mol. The fourth-order valence-electron chi connectivity index (χ4n) is 1.80. The molecule has 0 saturated carbocycles. The van der Waals surface area contributed by atoms with E-state index in [2.05, 4.69) is 15.1 Å². The Balaban J connectivity index is 2.21. The number of hydrogen-bond donors (Lipinski definition) is 1. The summed E-state index contributed by atoms with van der Waals surface area (Å²) in [6, 6.07) is -0.280. The zero-order chi connectivity index (χ0) is 13.3. The SMILES string of the molecule is Cc1cnc(C(N)Cc2c(Cl)c(C)nn2C)nc1. The molecule has 1 atom stereocenters. The number of nitrogens with two attached hydrogens (primary N) is 1. The summed E-state index contributed by atoms with van der Waals surface area (Å²) in [6.07, 6.45) is 4.09. The summed E-state index contributed by atoms with van der Waals surface area (Å²) in [5.74, 6) is 0.621. The smallest absolute Gasteiger partial charge is 0.145 e. The molecule has 2 aromatic rings. The van der Waals surface area contributed by atoms with E-state index in [1.54, 1.807) is 17.1 Å². The molecule has 0 aliphatic carbocycles. The third kappa shape index (κ3) is 2.52. The van der Waals surface area contributed by atoms with Crippen LogP contribution < -0.4 is 5.73 Å². The summed E-state index contributed by atoms with van der Waals surface area (Å²) in [6.45, 7) is 3.82. The zero-order valence-electron chi connectivity index (χ0n) is 10.7. The summed E-state index contributed by atoms with van der Waals surface area (Å²) in [5, 5.41) is 4.93. The van der Waals surface area contributed by atoms with E-state index in [1.165, 1.54) is 0 Å². The van der Waals surface area contributed by atoms with Crippen LogP contribution in [0.5, 0.6) is 0 Å². The highest BCUT2D eigenvalue weighted by Crippen LogP contribution is 2.23. The zero-order valence-corrected chi connectivity index (χ0v) is 11.4. The van der Waals surface area contributed by atoms with Crippen LogP contribution in [-0.2, 0) is 13.5 Å². The van der Waals surface area contributed by atoms with E-state index in [0.29, 0.717) is 17.3 Å². The largest absolute Gasteiger partial charge is 0.321 e. The topological polar surface area (TPSA) is 69.6 Å². The van der Waals surface area contributed by atoms with Crippen LogP contribution in [0.15, 0.2) is 12.4 Å². The van der Waals surface area contributed by atoms with Gasteiger partial charge in [0.05, 0.1) is 22.5 Å². The molecule has 2 aromatic heterocycles. The maximum Gasteiger partial charge on any atom is 0.145 e. The first-order valence-corrected chi connectivity index (χ1v) is 6.09. The number of hydrogen-bond acceptors (Lipinski definition) is 4. The molecule has 0 fully saturated rings. The Labute approximate surface area is 111 Å². The Bertz CT molecular complexity index is 546. The maximum atomic E-state index is 6.19. The summed E-state index contributed by atoms with van der Waals surface area (Å²) < 4.78 is 1.76. The minimum absolute atomic E-state index is 0.280. The van der Waals surface area contributed by atoms with Crippen molar-refractivity contribution < 1.29 is 0 Å². The highest BCUT2D eigenvalue weighted by atomic mass is 35.5. The standard InChI is InChI=1S/C12H16ClN5/c1-7-5-15-12(16-6-7)9(14)4-10-11(13)8(2)17-18(10)3/h5-6,9H,4,14H2,1-3H3. The maximum absolute atomic E-state index is 6.19. The van der Waals surface area contributed by atoms with Gasteiger partial charge in [-0.05, 0) is 19.4 Å².